The monoisotopic (exact) mass is 197 g/mol. The highest BCUT2D eigenvalue weighted by molar-refractivity contribution is 5.69. The molecule has 0 aliphatic heterocycles. The number of hydrogen-bond acceptors (Lipinski definition) is 2. The number of hydrogen-bond donors (Lipinski definition) is 1. The number of nitrogens with zero attached hydrogens (tertiary/aromatic N) is 1. The van der Waals surface area contributed by atoms with Crippen LogP contribution in [0.25, 0.3) is 0 Å². The summed E-state index contributed by atoms with van der Waals surface area (Å²) < 4.78 is 0. The molecular weight excluding hydrogens is 178 g/mol. The Labute approximate surface area is 85.1 Å². The summed E-state index contributed by atoms with van der Waals surface area (Å²) in [5, 5.41) is 8.74. The minimum Gasteiger partial charge on any atom is -0.480 e. The summed E-state index contributed by atoms with van der Waals surface area (Å²) in [6, 6.07) is 0.503. The van der Waals surface area contributed by atoms with Crippen LogP contribution >= 0.6 is 0 Å². The molecule has 3 rings (SSSR count). The molecule has 0 radical (unpaired) electrons. The van der Waals surface area contributed by atoms with Gasteiger partial charge in [0.05, 0.1) is 6.54 Å². The molecule has 3 aliphatic carbocycles. The number of carbonyl (C=O) groups is 1. The largest absolute Gasteiger partial charge is 0.480 e. The molecule has 2 bridgehead atoms. The average molecular weight is 197 g/mol. The third-order valence-electron chi connectivity index (χ3n) is 4.15. The summed E-state index contributed by atoms with van der Waals surface area (Å²) in [6.45, 7) is 2.47. The Bertz CT molecular complexity index is 235. The van der Waals surface area contributed by atoms with E-state index in [0.29, 0.717) is 12.0 Å². The number of carboxylic acids is 1. The molecule has 3 fully saturated rings. The maximum absolute atomic E-state index is 10.6. The van der Waals surface area contributed by atoms with Gasteiger partial charge in [0.25, 0.3) is 0 Å². The maximum Gasteiger partial charge on any atom is 0.317 e. The Morgan fingerprint density at radius 2 is 2.07 bits per heavy atom. The zero-order valence-corrected chi connectivity index (χ0v) is 8.94. The molecule has 0 aromatic rings. The van der Waals surface area contributed by atoms with Crippen LogP contribution in [0.4, 0.5) is 0 Å². The highest BCUT2D eigenvalue weighted by Gasteiger charge is 2.44. The van der Waals surface area contributed by atoms with Crippen molar-refractivity contribution in [1.82, 2.24) is 4.90 Å². The van der Waals surface area contributed by atoms with E-state index in [1.165, 1.54) is 19.3 Å². The Kier molecular flexibility index (Phi) is 2.52. The topological polar surface area (TPSA) is 40.5 Å². The van der Waals surface area contributed by atoms with Crippen LogP contribution in [-0.4, -0.2) is 35.6 Å². The van der Waals surface area contributed by atoms with Crippen LogP contribution in [0.1, 0.15) is 26.2 Å². The number of carboxylic acid groups (broad SMARTS) is 1. The number of fused-ring (bicyclic) bond motifs is 2. The first-order valence-electron chi connectivity index (χ1n) is 5.50. The summed E-state index contributed by atoms with van der Waals surface area (Å²) in [5.74, 6) is 1.73. The van der Waals surface area contributed by atoms with Crippen LogP contribution in [-0.2, 0) is 4.79 Å². The van der Waals surface area contributed by atoms with Crippen LogP contribution < -0.4 is 0 Å². The van der Waals surface area contributed by atoms with E-state index in [9.17, 15) is 4.79 Å². The van der Waals surface area contributed by atoms with E-state index >= 15 is 0 Å². The van der Waals surface area contributed by atoms with Crippen LogP contribution in [0, 0.1) is 17.8 Å². The minimum atomic E-state index is -0.709. The van der Waals surface area contributed by atoms with Gasteiger partial charge in [0.2, 0.25) is 0 Å². The molecule has 0 amide bonds. The van der Waals surface area contributed by atoms with E-state index < -0.39 is 5.97 Å². The number of rotatable bonds is 3. The smallest absolute Gasteiger partial charge is 0.317 e. The first-order valence-corrected chi connectivity index (χ1v) is 5.50. The Morgan fingerprint density at radius 3 is 2.57 bits per heavy atom. The van der Waals surface area contributed by atoms with Crippen molar-refractivity contribution in [2.75, 3.05) is 13.6 Å². The quantitative estimate of drug-likeness (QED) is 0.744. The molecule has 3 nitrogen and oxygen atoms in total. The van der Waals surface area contributed by atoms with Gasteiger partial charge in [-0.3, -0.25) is 9.69 Å². The average Bonchev–Trinajstić information content (AvgIpc) is 2.00. The molecule has 0 aromatic heterocycles. The van der Waals surface area contributed by atoms with Crippen molar-refractivity contribution >= 4 is 5.97 Å². The van der Waals surface area contributed by atoms with Gasteiger partial charge in [-0.1, -0.05) is 6.92 Å². The van der Waals surface area contributed by atoms with E-state index in [1.54, 1.807) is 0 Å². The van der Waals surface area contributed by atoms with E-state index in [-0.39, 0.29) is 6.54 Å². The summed E-state index contributed by atoms with van der Waals surface area (Å²) >= 11 is 0. The van der Waals surface area contributed by atoms with Crippen molar-refractivity contribution in [3.8, 4) is 0 Å². The van der Waals surface area contributed by atoms with Crippen LogP contribution in [0.15, 0.2) is 0 Å². The van der Waals surface area contributed by atoms with Crippen molar-refractivity contribution in [1.29, 1.82) is 0 Å². The predicted molar refractivity (Wildman–Crippen MR) is 54.0 cm³/mol. The molecule has 2 atom stereocenters. The lowest BCUT2D eigenvalue weighted by molar-refractivity contribution is -0.140. The molecule has 1 unspecified atom stereocenters. The highest BCUT2D eigenvalue weighted by atomic mass is 16.4. The third kappa shape index (κ3) is 1.65. The molecule has 14 heavy (non-hydrogen) atoms. The summed E-state index contributed by atoms with van der Waals surface area (Å²) in [5.41, 5.74) is 0. The first kappa shape index (κ1) is 9.97. The van der Waals surface area contributed by atoms with Gasteiger partial charge < -0.3 is 5.11 Å². The fourth-order valence-electron chi connectivity index (χ4n) is 3.19. The zero-order chi connectivity index (χ0) is 10.3. The van der Waals surface area contributed by atoms with Gasteiger partial charge in [0.1, 0.15) is 0 Å². The van der Waals surface area contributed by atoms with Gasteiger partial charge in [-0.25, -0.2) is 0 Å². The van der Waals surface area contributed by atoms with E-state index in [4.69, 9.17) is 5.11 Å². The molecule has 0 aromatic carbocycles. The fraction of sp³-hybridized carbons (Fsp3) is 0.909. The lowest BCUT2D eigenvalue weighted by Crippen LogP contribution is -2.51. The standard InChI is InChI=1S/C11H19NO2/c1-7-9-3-8(4-9)5-10(7)12(2)6-11(13)14/h7-10H,3-6H2,1-2H3,(H,13,14)/t7-,8?,9?,10?/m1/s1. The zero-order valence-electron chi connectivity index (χ0n) is 8.94. The molecular formula is C11H19NO2. The lowest BCUT2D eigenvalue weighted by atomic mass is 9.58. The lowest BCUT2D eigenvalue weighted by Gasteiger charge is -2.52. The first-order chi connectivity index (χ1) is 6.58. The molecule has 3 heteroatoms. The van der Waals surface area contributed by atoms with Gasteiger partial charge >= 0.3 is 5.97 Å². The van der Waals surface area contributed by atoms with Crippen molar-refractivity contribution in [2.45, 2.75) is 32.2 Å². The SMILES string of the molecule is C[C@@H]1C2CC(C2)CC1N(C)CC(=O)O. The van der Waals surface area contributed by atoms with E-state index in [0.717, 1.165) is 11.8 Å². The van der Waals surface area contributed by atoms with Crippen LogP contribution in [0.2, 0.25) is 0 Å². The second-order valence-corrected chi connectivity index (χ2v) is 5.07. The Hall–Kier alpha value is -0.570. The summed E-state index contributed by atoms with van der Waals surface area (Å²) in [4.78, 5) is 12.6. The fourth-order valence-corrected chi connectivity index (χ4v) is 3.19. The Morgan fingerprint density at radius 1 is 1.43 bits per heavy atom. The van der Waals surface area contributed by atoms with Crippen LogP contribution in [0.5, 0.6) is 0 Å². The molecule has 0 heterocycles. The van der Waals surface area contributed by atoms with Gasteiger partial charge in [-0.05, 0) is 44.1 Å². The number of aliphatic carboxylic acids is 1. The van der Waals surface area contributed by atoms with E-state index in [1.807, 2.05) is 11.9 Å². The summed E-state index contributed by atoms with van der Waals surface area (Å²) in [6.07, 6.45) is 3.98. The Balaban J connectivity index is 1.93. The van der Waals surface area contributed by atoms with Crippen molar-refractivity contribution in [3.63, 3.8) is 0 Å². The van der Waals surface area contributed by atoms with Crippen molar-refractivity contribution in [3.05, 3.63) is 0 Å². The van der Waals surface area contributed by atoms with Gasteiger partial charge in [-0.2, -0.15) is 0 Å². The molecule has 0 spiro atoms. The second-order valence-electron chi connectivity index (χ2n) is 5.07. The summed E-state index contributed by atoms with van der Waals surface area (Å²) in [7, 11) is 1.94. The van der Waals surface area contributed by atoms with Crippen molar-refractivity contribution in [2.24, 2.45) is 17.8 Å². The second kappa shape index (κ2) is 3.54. The molecule has 0 saturated heterocycles. The van der Waals surface area contributed by atoms with Gasteiger partial charge in [-0.15, -0.1) is 0 Å². The predicted octanol–water partition coefficient (Wildman–Crippen LogP) is 1.44. The molecule has 3 aliphatic rings. The van der Waals surface area contributed by atoms with Crippen molar-refractivity contribution < 1.29 is 9.90 Å². The number of likely N-dealkylation sites (N-methyl/N-ethyl adjacent to an activating group) is 1. The molecule has 80 valence electrons. The molecule has 1 N–H and O–H groups in total. The molecule has 3 saturated carbocycles. The van der Waals surface area contributed by atoms with Crippen LogP contribution in [0.3, 0.4) is 0 Å². The highest BCUT2D eigenvalue weighted by Crippen LogP contribution is 2.49. The van der Waals surface area contributed by atoms with Gasteiger partial charge in [0, 0.05) is 6.04 Å². The van der Waals surface area contributed by atoms with Gasteiger partial charge in [0.15, 0.2) is 0 Å². The normalized spacial score (nSPS) is 40.8. The minimum absolute atomic E-state index is 0.189. The van der Waals surface area contributed by atoms with E-state index in [2.05, 4.69) is 6.92 Å². The maximum atomic E-state index is 10.6. The third-order valence-corrected chi connectivity index (χ3v) is 4.15.